The number of pyridine rings is 1. The minimum Gasteiger partial charge on any atom is -0.468 e. The number of methoxy groups -OCH3 is 1. The number of piperidine rings is 1. The van der Waals surface area contributed by atoms with E-state index in [9.17, 15) is 9.59 Å². The number of Topliss-reactive ketones (excluding diaryl/α,β-unsaturated/α-hetero) is 1. The van der Waals surface area contributed by atoms with Gasteiger partial charge in [0.15, 0.2) is 0 Å². The van der Waals surface area contributed by atoms with E-state index in [0.717, 1.165) is 5.56 Å². The van der Waals surface area contributed by atoms with Crippen LogP contribution < -0.4 is 0 Å². The first-order valence-corrected chi connectivity index (χ1v) is 6.41. The van der Waals surface area contributed by atoms with Crippen molar-refractivity contribution in [2.75, 3.05) is 20.2 Å². The fourth-order valence-electron chi connectivity index (χ4n) is 2.14. The second-order valence-corrected chi connectivity index (χ2v) is 4.90. The highest BCUT2D eigenvalue weighted by Gasteiger charge is 2.33. The Bertz CT molecular complexity index is 467. The molecule has 6 heteroatoms. The SMILES string of the molecule is COC(=O)C1CN(Cc2ccc(Cl)nc2)CCC1=O. The van der Waals surface area contributed by atoms with E-state index in [1.165, 1.54) is 7.11 Å². The van der Waals surface area contributed by atoms with Crippen molar-refractivity contribution in [3.05, 3.63) is 29.0 Å². The molecule has 1 aliphatic heterocycles. The Morgan fingerprint density at radius 2 is 2.37 bits per heavy atom. The third-order valence-corrected chi connectivity index (χ3v) is 3.41. The Morgan fingerprint density at radius 3 is 3.00 bits per heavy atom. The molecule has 1 fully saturated rings. The third kappa shape index (κ3) is 3.52. The van der Waals surface area contributed by atoms with Crippen LogP contribution in [-0.2, 0) is 20.9 Å². The molecule has 0 amide bonds. The average molecular weight is 283 g/mol. The highest BCUT2D eigenvalue weighted by molar-refractivity contribution is 6.29. The number of hydrogen-bond acceptors (Lipinski definition) is 5. The Hall–Kier alpha value is -1.46. The third-order valence-electron chi connectivity index (χ3n) is 3.18. The molecule has 0 aromatic carbocycles. The van der Waals surface area contributed by atoms with Gasteiger partial charge < -0.3 is 4.74 Å². The van der Waals surface area contributed by atoms with E-state index < -0.39 is 11.9 Å². The number of halogens is 1. The van der Waals surface area contributed by atoms with Gasteiger partial charge in [-0.3, -0.25) is 14.5 Å². The van der Waals surface area contributed by atoms with Crippen LogP contribution >= 0.6 is 11.6 Å². The first-order chi connectivity index (χ1) is 9.10. The molecule has 102 valence electrons. The second-order valence-electron chi connectivity index (χ2n) is 4.52. The second kappa shape index (κ2) is 6.12. The first-order valence-electron chi connectivity index (χ1n) is 6.03. The number of esters is 1. The van der Waals surface area contributed by atoms with Crippen LogP contribution in [0.1, 0.15) is 12.0 Å². The summed E-state index contributed by atoms with van der Waals surface area (Å²) in [5.74, 6) is -1.17. The van der Waals surface area contributed by atoms with Crippen molar-refractivity contribution >= 4 is 23.4 Å². The molecule has 1 aromatic rings. The molecule has 0 aliphatic carbocycles. The summed E-state index contributed by atoms with van der Waals surface area (Å²) in [6, 6.07) is 3.61. The summed E-state index contributed by atoms with van der Waals surface area (Å²) in [5.41, 5.74) is 1.00. The van der Waals surface area contributed by atoms with Crippen LogP contribution in [0.15, 0.2) is 18.3 Å². The smallest absolute Gasteiger partial charge is 0.317 e. The van der Waals surface area contributed by atoms with Crippen LogP contribution in [0.3, 0.4) is 0 Å². The van der Waals surface area contributed by atoms with Crippen LogP contribution in [0, 0.1) is 5.92 Å². The lowest BCUT2D eigenvalue weighted by Gasteiger charge is -2.30. The van der Waals surface area contributed by atoms with E-state index in [2.05, 4.69) is 9.72 Å². The predicted octanol–water partition coefficient (Wildman–Crippen LogP) is 1.30. The van der Waals surface area contributed by atoms with Crippen molar-refractivity contribution in [2.24, 2.45) is 5.92 Å². The highest BCUT2D eigenvalue weighted by Crippen LogP contribution is 2.17. The van der Waals surface area contributed by atoms with Crippen molar-refractivity contribution < 1.29 is 14.3 Å². The number of ketones is 1. The van der Waals surface area contributed by atoms with Gasteiger partial charge in [0.1, 0.15) is 16.9 Å². The fourth-order valence-corrected chi connectivity index (χ4v) is 2.26. The number of hydrogen-bond donors (Lipinski definition) is 0. The van der Waals surface area contributed by atoms with E-state index in [1.807, 2.05) is 11.0 Å². The molecule has 19 heavy (non-hydrogen) atoms. The summed E-state index contributed by atoms with van der Waals surface area (Å²) in [7, 11) is 1.30. The largest absolute Gasteiger partial charge is 0.468 e. The van der Waals surface area contributed by atoms with Gasteiger partial charge in [-0.25, -0.2) is 4.98 Å². The molecule has 0 saturated carbocycles. The number of carbonyl (C=O) groups is 2. The number of rotatable bonds is 3. The molecule has 1 saturated heterocycles. The maximum Gasteiger partial charge on any atom is 0.317 e. The lowest BCUT2D eigenvalue weighted by molar-refractivity contribution is -0.152. The number of nitrogens with zero attached hydrogens (tertiary/aromatic N) is 2. The topological polar surface area (TPSA) is 59.5 Å². The summed E-state index contributed by atoms with van der Waals surface area (Å²) < 4.78 is 4.66. The van der Waals surface area contributed by atoms with Crippen molar-refractivity contribution in [3.8, 4) is 0 Å². The molecule has 5 nitrogen and oxygen atoms in total. The van der Waals surface area contributed by atoms with Gasteiger partial charge in [0.2, 0.25) is 0 Å². The molecule has 1 atom stereocenters. The van der Waals surface area contributed by atoms with E-state index in [1.54, 1.807) is 12.3 Å². The monoisotopic (exact) mass is 282 g/mol. The van der Waals surface area contributed by atoms with E-state index in [-0.39, 0.29) is 5.78 Å². The van der Waals surface area contributed by atoms with Crippen molar-refractivity contribution in [1.29, 1.82) is 0 Å². The van der Waals surface area contributed by atoms with Gasteiger partial charge in [-0.15, -0.1) is 0 Å². The molecule has 2 heterocycles. The molecule has 0 radical (unpaired) electrons. The molecule has 0 bridgehead atoms. The van der Waals surface area contributed by atoms with Gasteiger partial charge in [-0.2, -0.15) is 0 Å². The van der Waals surface area contributed by atoms with Crippen molar-refractivity contribution in [1.82, 2.24) is 9.88 Å². The van der Waals surface area contributed by atoms with Crippen molar-refractivity contribution in [3.63, 3.8) is 0 Å². The Balaban J connectivity index is 2.00. The maximum atomic E-state index is 11.7. The first kappa shape index (κ1) is 14.0. The standard InChI is InChI=1S/C13H15ClN2O3/c1-19-13(18)10-8-16(5-4-11(10)17)7-9-2-3-12(14)15-6-9/h2-3,6,10H,4-5,7-8H2,1H3. The molecular weight excluding hydrogens is 268 g/mol. The lowest BCUT2D eigenvalue weighted by Crippen LogP contribution is -2.44. The average Bonchev–Trinajstić information content (AvgIpc) is 2.42. The molecule has 0 N–H and O–H groups in total. The van der Waals surface area contributed by atoms with Crippen molar-refractivity contribution in [2.45, 2.75) is 13.0 Å². The summed E-state index contributed by atoms with van der Waals surface area (Å²) in [6.45, 7) is 1.69. The molecule has 0 spiro atoms. The van der Waals surface area contributed by atoms with Gasteiger partial charge in [0, 0.05) is 32.3 Å². The van der Waals surface area contributed by atoms with Gasteiger partial charge in [0.05, 0.1) is 7.11 Å². The number of carbonyl (C=O) groups excluding carboxylic acids is 2. The zero-order valence-corrected chi connectivity index (χ0v) is 11.4. The van der Waals surface area contributed by atoms with E-state index in [0.29, 0.717) is 31.2 Å². The van der Waals surface area contributed by atoms with Gasteiger partial charge in [0.25, 0.3) is 0 Å². The Kier molecular flexibility index (Phi) is 4.50. The zero-order valence-electron chi connectivity index (χ0n) is 10.6. The van der Waals surface area contributed by atoms with Crippen LogP contribution in [0.4, 0.5) is 0 Å². The van der Waals surface area contributed by atoms with Gasteiger partial charge in [-0.1, -0.05) is 17.7 Å². The van der Waals surface area contributed by atoms with E-state index in [4.69, 9.17) is 11.6 Å². The number of aromatic nitrogens is 1. The highest BCUT2D eigenvalue weighted by atomic mass is 35.5. The Labute approximate surface area is 116 Å². The van der Waals surface area contributed by atoms with Gasteiger partial charge >= 0.3 is 5.97 Å². The van der Waals surface area contributed by atoms with Crippen LogP contribution in [0.5, 0.6) is 0 Å². The summed E-state index contributed by atoms with van der Waals surface area (Å²) in [5, 5.41) is 0.449. The minimum absolute atomic E-state index is 0.0441. The summed E-state index contributed by atoms with van der Waals surface area (Å²) >= 11 is 5.73. The van der Waals surface area contributed by atoms with Crippen LogP contribution in [0.2, 0.25) is 5.15 Å². The molecule has 1 aromatic heterocycles. The zero-order chi connectivity index (χ0) is 13.8. The molecular formula is C13H15ClN2O3. The molecule has 2 rings (SSSR count). The minimum atomic E-state index is -0.668. The maximum absolute atomic E-state index is 11.7. The quantitative estimate of drug-likeness (QED) is 0.475. The normalized spacial score (nSPS) is 20.3. The van der Waals surface area contributed by atoms with Gasteiger partial charge in [-0.05, 0) is 11.6 Å². The van der Waals surface area contributed by atoms with Crippen LogP contribution in [-0.4, -0.2) is 41.8 Å². The summed E-state index contributed by atoms with van der Waals surface area (Å²) in [4.78, 5) is 29.3. The summed E-state index contributed by atoms with van der Waals surface area (Å²) in [6.07, 6.45) is 2.08. The number of ether oxygens (including phenoxy) is 1. The predicted molar refractivity (Wildman–Crippen MR) is 69.7 cm³/mol. The van der Waals surface area contributed by atoms with Crippen LogP contribution in [0.25, 0.3) is 0 Å². The lowest BCUT2D eigenvalue weighted by atomic mass is 9.96. The molecule has 1 unspecified atom stereocenters. The van der Waals surface area contributed by atoms with E-state index >= 15 is 0 Å². The number of likely N-dealkylation sites (tertiary alicyclic amines) is 1. The molecule has 1 aliphatic rings. The Morgan fingerprint density at radius 1 is 1.58 bits per heavy atom. The fraction of sp³-hybridized carbons (Fsp3) is 0.462.